The van der Waals surface area contributed by atoms with Crippen molar-refractivity contribution in [2.45, 2.75) is 31.8 Å². The third-order valence-corrected chi connectivity index (χ3v) is 3.75. The summed E-state index contributed by atoms with van der Waals surface area (Å²) < 4.78 is 10.3. The van der Waals surface area contributed by atoms with E-state index in [9.17, 15) is 4.79 Å². The molecule has 0 bridgehead atoms. The van der Waals surface area contributed by atoms with Gasteiger partial charge in [0.25, 0.3) is 0 Å². The van der Waals surface area contributed by atoms with Gasteiger partial charge in [-0.15, -0.1) is 0 Å². The number of ether oxygens (including phenoxy) is 1. The number of carbonyl (C=O) groups excluding carboxylic acids is 1. The summed E-state index contributed by atoms with van der Waals surface area (Å²) >= 11 is 0. The normalized spacial score (nSPS) is 19.5. The van der Waals surface area contributed by atoms with Gasteiger partial charge >= 0.3 is 6.03 Å². The van der Waals surface area contributed by atoms with Gasteiger partial charge in [0.2, 0.25) is 0 Å². The van der Waals surface area contributed by atoms with Crippen LogP contribution in [0, 0.1) is 6.92 Å². The van der Waals surface area contributed by atoms with Crippen LogP contribution in [-0.4, -0.2) is 24.3 Å². The molecular weight excluding hydrogens is 282 g/mol. The number of benzene rings is 1. The van der Waals surface area contributed by atoms with Crippen molar-refractivity contribution in [3.63, 3.8) is 0 Å². The first-order chi connectivity index (χ1) is 10.7. The van der Waals surface area contributed by atoms with Crippen LogP contribution in [0.25, 0.3) is 0 Å². The molecule has 1 aromatic heterocycles. The number of carbonyl (C=O) groups is 1. The number of hydrogen-bond acceptors (Lipinski definition) is 4. The Kier molecular flexibility index (Phi) is 4.00. The molecule has 1 aliphatic carbocycles. The zero-order valence-corrected chi connectivity index (χ0v) is 12.6. The summed E-state index contributed by atoms with van der Waals surface area (Å²) in [6, 6.07) is 9.67. The van der Waals surface area contributed by atoms with Crippen LogP contribution in [0.3, 0.4) is 0 Å². The molecule has 0 radical (unpaired) electrons. The monoisotopic (exact) mass is 301 g/mol. The molecule has 1 heterocycles. The fourth-order valence-corrected chi connectivity index (χ4v) is 2.56. The lowest BCUT2D eigenvalue weighted by molar-refractivity contribution is 0.239. The van der Waals surface area contributed by atoms with Gasteiger partial charge in [-0.3, -0.25) is 0 Å². The van der Waals surface area contributed by atoms with Crippen LogP contribution in [0.1, 0.15) is 29.4 Å². The Labute approximate surface area is 128 Å². The summed E-state index contributed by atoms with van der Waals surface area (Å²) in [6.45, 7) is 2.17. The fraction of sp³-hybridized carbons (Fsp3) is 0.375. The van der Waals surface area contributed by atoms with Crippen LogP contribution in [-0.2, 0) is 6.54 Å². The molecule has 0 aliphatic heterocycles. The summed E-state index contributed by atoms with van der Waals surface area (Å²) in [6.07, 6.45) is 0.927. The Morgan fingerprint density at radius 2 is 2.27 bits per heavy atom. The number of aromatic nitrogens is 1. The standard InChI is InChI=1S/C16H19N3O3/c1-10-7-11(19-22-10)9-17-16(20)18-14-8-13(14)12-5-3-4-6-15(12)21-2/h3-7,13-14H,8-9H2,1-2H3,(H2,17,18,20)/t13-,14+/m0/s1. The first kappa shape index (κ1) is 14.4. The van der Waals surface area contributed by atoms with Gasteiger partial charge in [-0.1, -0.05) is 23.4 Å². The number of nitrogens with one attached hydrogen (secondary N) is 2. The highest BCUT2D eigenvalue weighted by atomic mass is 16.5. The van der Waals surface area contributed by atoms with Crippen molar-refractivity contribution >= 4 is 6.03 Å². The first-order valence-corrected chi connectivity index (χ1v) is 7.27. The SMILES string of the molecule is COc1ccccc1[C@@H]1C[C@H]1NC(=O)NCc1cc(C)on1. The number of hydrogen-bond donors (Lipinski definition) is 2. The van der Waals surface area contributed by atoms with Crippen LogP contribution in [0.15, 0.2) is 34.9 Å². The third kappa shape index (κ3) is 3.21. The van der Waals surface area contributed by atoms with E-state index in [4.69, 9.17) is 9.26 Å². The van der Waals surface area contributed by atoms with Crippen LogP contribution < -0.4 is 15.4 Å². The molecule has 0 unspecified atom stereocenters. The number of aryl methyl sites for hydroxylation is 1. The van der Waals surface area contributed by atoms with E-state index >= 15 is 0 Å². The maximum atomic E-state index is 11.9. The summed E-state index contributed by atoms with van der Waals surface area (Å²) in [5.74, 6) is 1.92. The number of para-hydroxylation sites is 1. The lowest BCUT2D eigenvalue weighted by Crippen LogP contribution is -2.37. The number of amides is 2. The molecule has 2 atom stereocenters. The molecule has 1 saturated carbocycles. The summed E-state index contributed by atoms with van der Waals surface area (Å²) in [7, 11) is 1.66. The van der Waals surface area contributed by atoms with E-state index in [0.717, 1.165) is 23.5 Å². The van der Waals surface area contributed by atoms with Gasteiger partial charge in [-0.05, 0) is 25.0 Å². The second kappa shape index (κ2) is 6.09. The van der Waals surface area contributed by atoms with E-state index in [1.54, 1.807) is 13.2 Å². The van der Waals surface area contributed by atoms with E-state index in [1.165, 1.54) is 0 Å². The average Bonchev–Trinajstić information content (AvgIpc) is 3.16. The number of urea groups is 1. The highest BCUT2D eigenvalue weighted by Crippen LogP contribution is 2.44. The third-order valence-electron chi connectivity index (χ3n) is 3.75. The minimum absolute atomic E-state index is 0.148. The van der Waals surface area contributed by atoms with Gasteiger partial charge < -0.3 is 19.9 Å². The Balaban J connectivity index is 1.49. The van der Waals surface area contributed by atoms with Gasteiger partial charge in [0.05, 0.1) is 13.7 Å². The molecule has 1 fully saturated rings. The Morgan fingerprint density at radius 3 is 3.00 bits per heavy atom. The lowest BCUT2D eigenvalue weighted by Gasteiger charge is -2.09. The van der Waals surface area contributed by atoms with Gasteiger partial charge in [0.1, 0.15) is 17.2 Å². The Bertz CT molecular complexity index is 668. The minimum Gasteiger partial charge on any atom is -0.496 e. The zero-order chi connectivity index (χ0) is 15.5. The first-order valence-electron chi connectivity index (χ1n) is 7.27. The molecule has 2 amide bonds. The van der Waals surface area contributed by atoms with Crippen LogP contribution in [0.4, 0.5) is 4.79 Å². The summed E-state index contributed by atoms with van der Waals surface area (Å²) in [4.78, 5) is 11.9. The van der Waals surface area contributed by atoms with Crippen molar-refractivity contribution in [3.05, 3.63) is 47.3 Å². The smallest absolute Gasteiger partial charge is 0.315 e. The largest absolute Gasteiger partial charge is 0.496 e. The van der Waals surface area contributed by atoms with E-state index in [-0.39, 0.29) is 12.1 Å². The van der Waals surface area contributed by atoms with Crippen LogP contribution in [0.2, 0.25) is 0 Å². The van der Waals surface area contributed by atoms with Gasteiger partial charge in [0, 0.05) is 18.0 Å². The lowest BCUT2D eigenvalue weighted by atomic mass is 10.1. The molecule has 0 spiro atoms. The van der Waals surface area contributed by atoms with E-state index in [1.807, 2.05) is 31.2 Å². The molecule has 3 rings (SSSR count). The molecule has 1 aliphatic rings. The van der Waals surface area contributed by atoms with Crippen molar-refractivity contribution in [2.75, 3.05) is 7.11 Å². The number of nitrogens with zero attached hydrogens (tertiary/aromatic N) is 1. The summed E-state index contributed by atoms with van der Waals surface area (Å²) in [5.41, 5.74) is 1.85. The van der Waals surface area contributed by atoms with Gasteiger partial charge in [-0.2, -0.15) is 0 Å². The molecule has 6 heteroatoms. The zero-order valence-electron chi connectivity index (χ0n) is 12.6. The second-order valence-corrected chi connectivity index (χ2v) is 5.45. The maximum Gasteiger partial charge on any atom is 0.315 e. The number of rotatable bonds is 5. The molecular formula is C16H19N3O3. The Hall–Kier alpha value is -2.50. The molecule has 22 heavy (non-hydrogen) atoms. The predicted molar refractivity (Wildman–Crippen MR) is 80.8 cm³/mol. The number of methoxy groups -OCH3 is 1. The second-order valence-electron chi connectivity index (χ2n) is 5.45. The van der Waals surface area contributed by atoms with Gasteiger partial charge in [-0.25, -0.2) is 4.79 Å². The van der Waals surface area contributed by atoms with Crippen molar-refractivity contribution in [1.29, 1.82) is 0 Å². The van der Waals surface area contributed by atoms with Crippen molar-refractivity contribution in [2.24, 2.45) is 0 Å². The molecule has 116 valence electrons. The van der Waals surface area contributed by atoms with Gasteiger partial charge in [0.15, 0.2) is 0 Å². The summed E-state index contributed by atoms with van der Waals surface area (Å²) in [5, 5.41) is 9.58. The van der Waals surface area contributed by atoms with Crippen molar-refractivity contribution in [3.8, 4) is 5.75 Å². The molecule has 0 saturated heterocycles. The highest BCUT2D eigenvalue weighted by molar-refractivity contribution is 5.75. The topological polar surface area (TPSA) is 76.4 Å². The van der Waals surface area contributed by atoms with E-state index < -0.39 is 0 Å². The van der Waals surface area contributed by atoms with Crippen LogP contribution >= 0.6 is 0 Å². The predicted octanol–water partition coefficient (Wildman–Crippen LogP) is 2.35. The van der Waals surface area contributed by atoms with Crippen molar-refractivity contribution in [1.82, 2.24) is 15.8 Å². The Morgan fingerprint density at radius 1 is 1.45 bits per heavy atom. The minimum atomic E-state index is -0.192. The molecule has 6 nitrogen and oxygen atoms in total. The molecule has 1 aromatic carbocycles. The molecule has 2 N–H and O–H groups in total. The van der Waals surface area contributed by atoms with Crippen LogP contribution in [0.5, 0.6) is 5.75 Å². The maximum absolute atomic E-state index is 11.9. The van der Waals surface area contributed by atoms with Crippen molar-refractivity contribution < 1.29 is 14.1 Å². The van der Waals surface area contributed by atoms with E-state index in [0.29, 0.717) is 18.2 Å². The molecule has 2 aromatic rings. The van der Waals surface area contributed by atoms with E-state index in [2.05, 4.69) is 15.8 Å². The fourth-order valence-electron chi connectivity index (χ4n) is 2.56. The quantitative estimate of drug-likeness (QED) is 0.888. The average molecular weight is 301 g/mol. The highest BCUT2D eigenvalue weighted by Gasteiger charge is 2.41.